The zero-order chi connectivity index (χ0) is 13.1. The van der Waals surface area contributed by atoms with E-state index in [0.29, 0.717) is 17.2 Å². The van der Waals surface area contributed by atoms with E-state index in [0.717, 1.165) is 17.5 Å². The van der Waals surface area contributed by atoms with Gasteiger partial charge in [0.1, 0.15) is 5.69 Å². The Bertz CT molecular complexity index is 549. The Morgan fingerprint density at radius 1 is 1.22 bits per heavy atom. The first-order valence-corrected chi connectivity index (χ1v) is 5.67. The molecule has 5 heteroatoms. The summed E-state index contributed by atoms with van der Waals surface area (Å²) in [5.41, 5.74) is 8.13. The van der Waals surface area contributed by atoms with E-state index < -0.39 is 0 Å². The molecule has 1 heterocycles. The second kappa shape index (κ2) is 5.00. The molecule has 18 heavy (non-hydrogen) atoms. The zero-order valence-corrected chi connectivity index (χ0v) is 10.7. The van der Waals surface area contributed by atoms with Crippen molar-refractivity contribution >= 4 is 5.88 Å². The average Bonchev–Trinajstić information content (AvgIpc) is 2.83. The second-order valence-corrected chi connectivity index (χ2v) is 3.85. The second-order valence-electron chi connectivity index (χ2n) is 3.85. The van der Waals surface area contributed by atoms with Gasteiger partial charge in [0, 0.05) is 11.6 Å². The minimum atomic E-state index is 0.271. The van der Waals surface area contributed by atoms with Gasteiger partial charge in [-0.15, -0.1) is 0 Å². The van der Waals surface area contributed by atoms with Crippen molar-refractivity contribution in [2.24, 2.45) is 0 Å². The molecule has 5 nitrogen and oxygen atoms in total. The summed E-state index contributed by atoms with van der Waals surface area (Å²) >= 11 is 0. The molecule has 0 aliphatic rings. The molecule has 0 spiro atoms. The van der Waals surface area contributed by atoms with Gasteiger partial charge < -0.3 is 19.7 Å². The lowest BCUT2D eigenvalue weighted by Crippen LogP contribution is -1.96. The van der Waals surface area contributed by atoms with Crippen LogP contribution >= 0.6 is 0 Å². The SMILES string of the molecule is CCc1cc(OC)c(OC)c(-c2cc(N)on2)c1. The molecule has 0 saturated carbocycles. The van der Waals surface area contributed by atoms with Crippen LogP contribution in [0.15, 0.2) is 22.7 Å². The van der Waals surface area contributed by atoms with Gasteiger partial charge in [-0.2, -0.15) is 0 Å². The van der Waals surface area contributed by atoms with Gasteiger partial charge in [-0.3, -0.25) is 0 Å². The van der Waals surface area contributed by atoms with E-state index in [9.17, 15) is 0 Å². The maximum Gasteiger partial charge on any atom is 0.222 e. The third-order valence-corrected chi connectivity index (χ3v) is 2.75. The Hall–Kier alpha value is -2.17. The van der Waals surface area contributed by atoms with Crippen LogP contribution in [-0.2, 0) is 6.42 Å². The summed E-state index contributed by atoms with van der Waals surface area (Å²) in [6, 6.07) is 5.61. The Kier molecular flexibility index (Phi) is 3.41. The molecule has 1 aromatic carbocycles. The largest absolute Gasteiger partial charge is 0.493 e. The molecule has 96 valence electrons. The smallest absolute Gasteiger partial charge is 0.222 e. The number of hydrogen-bond donors (Lipinski definition) is 1. The molecule has 0 fully saturated rings. The van der Waals surface area contributed by atoms with Crippen LogP contribution in [0.2, 0.25) is 0 Å². The Morgan fingerprint density at radius 2 is 2.00 bits per heavy atom. The summed E-state index contributed by atoms with van der Waals surface area (Å²) < 4.78 is 15.6. The van der Waals surface area contributed by atoms with Crippen molar-refractivity contribution in [1.82, 2.24) is 5.16 Å². The highest BCUT2D eigenvalue weighted by molar-refractivity contribution is 5.73. The van der Waals surface area contributed by atoms with Gasteiger partial charge in [0.2, 0.25) is 5.88 Å². The van der Waals surface area contributed by atoms with Crippen LogP contribution in [0.4, 0.5) is 5.88 Å². The summed E-state index contributed by atoms with van der Waals surface area (Å²) in [5.74, 6) is 1.57. The first-order chi connectivity index (χ1) is 8.69. The van der Waals surface area contributed by atoms with E-state index in [1.807, 2.05) is 12.1 Å². The number of methoxy groups -OCH3 is 2. The number of benzene rings is 1. The minimum Gasteiger partial charge on any atom is -0.493 e. The topological polar surface area (TPSA) is 70.5 Å². The van der Waals surface area contributed by atoms with Crippen LogP contribution in [-0.4, -0.2) is 19.4 Å². The number of nitrogens with two attached hydrogens (primary N) is 1. The van der Waals surface area contributed by atoms with Crippen LogP contribution < -0.4 is 15.2 Å². The molecule has 0 bridgehead atoms. The van der Waals surface area contributed by atoms with Gasteiger partial charge in [0.15, 0.2) is 11.5 Å². The van der Waals surface area contributed by atoms with E-state index >= 15 is 0 Å². The minimum absolute atomic E-state index is 0.271. The lowest BCUT2D eigenvalue weighted by Gasteiger charge is -2.13. The van der Waals surface area contributed by atoms with E-state index in [-0.39, 0.29) is 5.88 Å². The summed E-state index contributed by atoms with van der Waals surface area (Å²) in [6.45, 7) is 2.07. The molecule has 2 aromatic rings. The van der Waals surface area contributed by atoms with Crippen molar-refractivity contribution < 1.29 is 14.0 Å². The van der Waals surface area contributed by atoms with Crippen LogP contribution in [0.1, 0.15) is 12.5 Å². The van der Waals surface area contributed by atoms with Crippen LogP contribution in [0, 0.1) is 0 Å². The van der Waals surface area contributed by atoms with Crippen molar-refractivity contribution in [3.05, 3.63) is 23.8 Å². The van der Waals surface area contributed by atoms with E-state index in [1.54, 1.807) is 20.3 Å². The van der Waals surface area contributed by atoms with Gasteiger partial charge in [-0.1, -0.05) is 12.1 Å². The van der Waals surface area contributed by atoms with Gasteiger partial charge >= 0.3 is 0 Å². The predicted octanol–water partition coefficient (Wildman–Crippen LogP) is 2.50. The molecule has 1 aromatic heterocycles. The first-order valence-electron chi connectivity index (χ1n) is 5.67. The Labute approximate surface area is 105 Å². The molecule has 2 N–H and O–H groups in total. The molecule has 0 aliphatic carbocycles. The van der Waals surface area contributed by atoms with Crippen LogP contribution in [0.5, 0.6) is 11.5 Å². The quantitative estimate of drug-likeness (QED) is 0.900. The monoisotopic (exact) mass is 248 g/mol. The number of anilines is 1. The number of ether oxygens (including phenoxy) is 2. The maximum atomic E-state index is 5.55. The Morgan fingerprint density at radius 3 is 2.50 bits per heavy atom. The zero-order valence-electron chi connectivity index (χ0n) is 10.7. The third kappa shape index (κ3) is 2.11. The average molecular weight is 248 g/mol. The number of aromatic nitrogens is 1. The summed E-state index contributed by atoms with van der Waals surface area (Å²) in [4.78, 5) is 0. The molecule has 0 radical (unpaired) electrons. The van der Waals surface area contributed by atoms with Gasteiger partial charge in [0.25, 0.3) is 0 Å². The highest BCUT2D eigenvalue weighted by atomic mass is 16.5. The van der Waals surface area contributed by atoms with E-state index in [2.05, 4.69) is 12.1 Å². The first kappa shape index (κ1) is 12.3. The maximum absolute atomic E-state index is 5.55. The fraction of sp³-hybridized carbons (Fsp3) is 0.308. The van der Waals surface area contributed by atoms with Gasteiger partial charge in [-0.05, 0) is 24.1 Å². The lowest BCUT2D eigenvalue weighted by atomic mass is 10.0. The van der Waals surface area contributed by atoms with Crippen LogP contribution in [0.25, 0.3) is 11.3 Å². The lowest BCUT2D eigenvalue weighted by molar-refractivity contribution is 0.355. The Balaban J connectivity index is 2.63. The summed E-state index contributed by atoms with van der Waals surface area (Å²) in [7, 11) is 3.20. The molecule has 0 amide bonds. The predicted molar refractivity (Wildman–Crippen MR) is 68.8 cm³/mol. The van der Waals surface area contributed by atoms with Gasteiger partial charge in [-0.25, -0.2) is 0 Å². The standard InChI is InChI=1S/C13H16N2O3/c1-4-8-5-9(10-7-12(14)18-15-10)13(17-3)11(6-8)16-2/h5-7H,4,14H2,1-3H3. The third-order valence-electron chi connectivity index (χ3n) is 2.75. The highest BCUT2D eigenvalue weighted by Gasteiger charge is 2.16. The van der Waals surface area contributed by atoms with Crippen molar-refractivity contribution in [3.63, 3.8) is 0 Å². The molecule has 0 atom stereocenters. The highest BCUT2D eigenvalue weighted by Crippen LogP contribution is 2.39. The number of aryl methyl sites for hydroxylation is 1. The fourth-order valence-electron chi connectivity index (χ4n) is 1.83. The van der Waals surface area contributed by atoms with E-state index in [1.165, 1.54) is 0 Å². The molecular formula is C13H16N2O3. The fourth-order valence-corrected chi connectivity index (χ4v) is 1.83. The van der Waals surface area contributed by atoms with Crippen molar-refractivity contribution in [1.29, 1.82) is 0 Å². The number of nitrogens with zero attached hydrogens (tertiary/aromatic N) is 1. The molecule has 0 unspecified atom stereocenters. The molecular weight excluding hydrogens is 232 g/mol. The summed E-state index contributed by atoms with van der Waals surface area (Å²) in [6.07, 6.45) is 0.890. The van der Waals surface area contributed by atoms with Crippen molar-refractivity contribution in [2.75, 3.05) is 20.0 Å². The summed E-state index contributed by atoms with van der Waals surface area (Å²) in [5, 5.41) is 3.91. The molecule has 0 aliphatic heterocycles. The normalized spacial score (nSPS) is 10.4. The number of hydrogen-bond acceptors (Lipinski definition) is 5. The van der Waals surface area contributed by atoms with E-state index in [4.69, 9.17) is 19.7 Å². The number of rotatable bonds is 4. The molecule has 0 saturated heterocycles. The number of nitrogen functional groups attached to an aromatic ring is 1. The van der Waals surface area contributed by atoms with Crippen molar-refractivity contribution in [2.45, 2.75) is 13.3 Å². The van der Waals surface area contributed by atoms with Gasteiger partial charge in [0.05, 0.1) is 14.2 Å². The molecule has 2 rings (SSSR count). The van der Waals surface area contributed by atoms with Crippen molar-refractivity contribution in [3.8, 4) is 22.8 Å². The van der Waals surface area contributed by atoms with Crippen LogP contribution in [0.3, 0.4) is 0 Å².